The Labute approximate surface area is 178 Å². The summed E-state index contributed by atoms with van der Waals surface area (Å²) < 4.78 is 12.9. The van der Waals surface area contributed by atoms with Gasteiger partial charge in [-0.15, -0.1) is 0 Å². The molecule has 1 amide bonds. The van der Waals surface area contributed by atoms with Gasteiger partial charge in [0, 0.05) is 42.2 Å². The molecule has 0 aliphatic carbocycles. The molecule has 1 aliphatic rings. The first-order valence-corrected chi connectivity index (χ1v) is 10.1. The molecule has 3 aromatic heterocycles. The van der Waals surface area contributed by atoms with E-state index >= 15 is 0 Å². The molecule has 1 aliphatic heterocycles. The molecule has 0 fully saturated rings. The first kappa shape index (κ1) is 19.3. The van der Waals surface area contributed by atoms with E-state index in [1.165, 1.54) is 6.33 Å². The third-order valence-electron chi connectivity index (χ3n) is 5.44. The SMILES string of the molecule is Cc1c(Oc2ncnc3c2CNC3)ccc2c1ccn2C(=O)Nc1cc(C(C)C)on1. The van der Waals surface area contributed by atoms with Crippen LogP contribution in [0.3, 0.4) is 0 Å². The van der Waals surface area contributed by atoms with Crippen molar-refractivity contribution in [3.63, 3.8) is 0 Å². The van der Waals surface area contributed by atoms with Crippen LogP contribution >= 0.6 is 0 Å². The summed E-state index contributed by atoms with van der Waals surface area (Å²) in [6, 6.07) is 7.03. The second-order valence-corrected chi connectivity index (χ2v) is 7.82. The van der Waals surface area contributed by atoms with Crippen LogP contribution in [0.2, 0.25) is 0 Å². The number of ether oxygens (including phenoxy) is 1. The fraction of sp³-hybridized carbons (Fsp3) is 0.273. The average molecular weight is 418 g/mol. The number of carbonyl (C=O) groups excluding carboxylic acids is 1. The standard InChI is InChI=1S/C22H22N6O3/c1-12(2)19-8-20(27-31-19)26-22(29)28-7-6-14-13(3)18(5-4-17(14)28)30-21-15-9-23-10-16(15)24-11-25-21/h4-8,11-12,23H,9-10H2,1-3H3,(H,26,27,29). The second kappa shape index (κ2) is 7.51. The molecular formula is C22H22N6O3. The molecule has 4 aromatic rings. The van der Waals surface area contributed by atoms with Gasteiger partial charge in [-0.05, 0) is 25.1 Å². The summed E-state index contributed by atoms with van der Waals surface area (Å²) in [7, 11) is 0. The Kier molecular flexibility index (Phi) is 4.67. The number of benzene rings is 1. The molecule has 31 heavy (non-hydrogen) atoms. The van der Waals surface area contributed by atoms with Crippen LogP contribution < -0.4 is 15.4 Å². The Morgan fingerprint density at radius 2 is 2.13 bits per heavy atom. The van der Waals surface area contributed by atoms with Crippen LogP contribution in [0.4, 0.5) is 10.6 Å². The molecule has 0 radical (unpaired) electrons. The van der Waals surface area contributed by atoms with Crippen LogP contribution in [-0.4, -0.2) is 25.7 Å². The molecule has 0 saturated heterocycles. The lowest BCUT2D eigenvalue weighted by Gasteiger charge is -2.12. The first-order chi connectivity index (χ1) is 15.0. The highest BCUT2D eigenvalue weighted by atomic mass is 16.5. The average Bonchev–Trinajstić information content (AvgIpc) is 3.49. The van der Waals surface area contributed by atoms with Gasteiger partial charge in [-0.3, -0.25) is 9.88 Å². The fourth-order valence-electron chi connectivity index (χ4n) is 3.68. The molecular weight excluding hydrogens is 396 g/mol. The highest BCUT2D eigenvalue weighted by Gasteiger charge is 2.20. The second-order valence-electron chi connectivity index (χ2n) is 7.82. The first-order valence-electron chi connectivity index (χ1n) is 10.1. The lowest BCUT2D eigenvalue weighted by Crippen LogP contribution is -2.18. The van der Waals surface area contributed by atoms with Gasteiger partial charge >= 0.3 is 6.03 Å². The maximum absolute atomic E-state index is 12.8. The van der Waals surface area contributed by atoms with Crippen LogP contribution in [0.25, 0.3) is 10.9 Å². The largest absolute Gasteiger partial charge is 0.438 e. The van der Waals surface area contributed by atoms with Crippen molar-refractivity contribution in [2.75, 3.05) is 5.32 Å². The zero-order valence-corrected chi connectivity index (χ0v) is 17.5. The van der Waals surface area contributed by atoms with Gasteiger partial charge in [-0.2, -0.15) is 0 Å². The fourth-order valence-corrected chi connectivity index (χ4v) is 3.68. The number of rotatable bonds is 4. The van der Waals surface area contributed by atoms with Gasteiger partial charge in [0.15, 0.2) is 5.82 Å². The van der Waals surface area contributed by atoms with E-state index in [1.807, 2.05) is 39.0 Å². The van der Waals surface area contributed by atoms with Crippen LogP contribution in [0.15, 0.2) is 41.3 Å². The van der Waals surface area contributed by atoms with E-state index in [0.717, 1.165) is 33.5 Å². The van der Waals surface area contributed by atoms with Crippen molar-refractivity contribution in [2.24, 2.45) is 0 Å². The molecule has 9 nitrogen and oxygen atoms in total. The highest BCUT2D eigenvalue weighted by Crippen LogP contribution is 2.33. The Morgan fingerprint density at radius 3 is 2.94 bits per heavy atom. The maximum atomic E-state index is 12.8. The number of hydrogen-bond donors (Lipinski definition) is 2. The molecule has 5 rings (SSSR count). The van der Waals surface area contributed by atoms with Crippen molar-refractivity contribution in [3.8, 4) is 11.6 Å². The topological polar surface area (TPSA) is 107 Å². The van der Waals surface area contributed by atoms with Gasteiger partial charge in [0.1, 0.15) is 17.8 Å². The molecule has 0 unspecified atom stereocenters. The number of nitrogens with one attached hydrogen (secondary N) is 2. The van der Waals surface area contributed by atoms with E-state index in [9.17, 15) is 4.79 Å². The zero-order chi connectivity index (χ0) is 21.5. The third-order valence-corrected chi connectivity index (χ3v) is 5.44. The van der Waals surface area contributed by atoms with E-state index in [0.29, 0.717) is 30.5 Å². The summed E-state index contributed by atoms with van der Waals surface area (Å²) in [6.45, 7) is 7.37. The van der Waals surface area contributed by atoms with Crippen LogP contribution in [-0.2, 0) is 13.1 Å². The predicted molar refractivity (Wildman–Crippen MR) is 114 cm³/mol. The summed E-state index contributed by atoms with van der Waals surface area (Å²) >= 11 is 0. The molecule has 1 aromatic carbocycles. The molecule has 158 valence electrons. The Balaban J connectivity index is 1.42. The maximum Gasteiger partial charge on any atom is 0.331 e. The van der Waals surface area contributed by atoms with Crippen molar-refractivity contribution < 1.29 is 14.1 Å². The quantitative estimate of drug-likeness (QED) is 0.508. The highest BCUT2D eigenvalue weighted by molar-refractivity contribution is 5.99. The summed E-state index contributed by atoms with van der Waals surface area (Å²) in [6.07, 6.45) is 3.25. The predicted octanol–water partition coefficient (Wildman–Crippen LogP) is 4.33. The number of amides is 1. The van der Waals surface area contributed by atoms with Crippen LogP contribution in [0.5, 0.6) is 11.6 Å². The summed E-state index contributed by atoms with van der Waals surface area (Å²) in [5, 5.41) is 10.9. The number of aryl methyl sites for hydroxylation is 1. The molecule has 2 N–H and O–H groups in total. The van der Waals surface area contributed by atoms with Crippen LogP contribution in [0, 0.1) is 6.92 Å². The Hall–Kier alpha value is -3.72. The zero-order valence-electron chi connectivity index (χ0n) is 17.5. The van der Waals surface area contributed by atoms with E-state index in [1.54, 1.807) is 16.8 Å². The summed E-state index contributed by atoms with van der Waals surface area (Å²) in [4.78, 5) is 21.4. The lowest BCUT2D eigenvalue weighted by atomic mass is 10.1. The van der Waals surface area contributed by atoms with Crippen molar-refractivity contribution in [1.82, 2.24) is 25.0 Å². The van der Waals surface area contributed by atoms with E-state index < -0.39 is 0 Å². The van der Waals surface area contributed by atoms with Gasteiger partial charge in [0.25, 0.3) is 0 Å². The summed E-state index contributed by atoms with van der Waals surface area (Å²) in [5.41, 5.74) is 3.63. The minimum absolute atomic E-state index is 0.193. The number of hydrogen-bond acceptors (Lipinski definition) is 7. The number of fused-ring (bicyclic) bond motifs is 2. The third kappa shape index (κ3) is 3.42. The number of nitrogens with zero attached hydrogens (tertiary/aromatic N) is 4. The van der Waals surface area contributed by atoms with Crippen molar-refractivity contribution >= 4 is 22.8 Å². The molecule has 0 bridgehead atoms. The lowest BCUT2D eigenvalue weighted by molar-refractivity contribution is 0.254. The molecule has 0 atom stereocenters. The van der Waals surface area contributed by atoms with Gasteiger partial charge in [-0.1, -0.05) is 19.0 Å². The van der Waals surface area contributed by atoms with Crippen molar-refractivity contribution in [1.29, 1.82) is 0 Å². The van der Waals surface area contributed by atoms with Gasteiger partial charge in [0.05, 0.1) is 16.8 Å². The van der Waals surface area contributed by atoms with Crippen LogP contribution in [0.1, 0.15) is 42.3 Å². The van der Waals surface area contributed by atoms with E-state index in [2.05, 4.69) is 25.8 Å². The number of carbonyl (C=O) groups is 1. The van der Waals surface area contributed by atoms with Gasteiger partial charge < -0.3 is 14.6 Å². The smallest absolute Gasteiger partial charge is 0.331 e. The number of anilines is 1. The van der Waals surface area contributed by atoms with Crippen molar-refractivity contribution in [2.45, 2.75) is 39.8 Å². The van der Waals surface area contributed by atoms with Gasteiger partial charge in [0.2, 0.25) is 5.88 Å². The molecule has 9 heteroatoms. The van der Waals surface area contributed by atoms with E-state index in [-0.39, 0.29) is 11.9 Å². The number of aromatic nitrogens is 4. The molecule has 0 saturated carbocycles. The summed E-state index contributed by atoms with van der Waals surface area (Å²) in [5.74, 6) is 2.55. The van der Waals surface area contributed by atoms with Crippen molar-refractivity contribution in [3.05, 3.63) is 59.4 Å². The van der Waals surface area contributed by atoms with E-state index in [4.69, 9.17) is 9.26 Å². The van der Waals surface area contributed by atoms with Gasteiger partial charge in [-0.25, -0.2) is 14.8 Å². The minimum Gasteiger partial charge on any atom is -0.438 e. The Bertz CT molecular complexity index is 1290. The monoisotopic (exact) mass is 418 g/mol. The molecule has 0 spiro atoms. The minimum atomic E-state index is -0.314. The normalized spacial score (nSPS) is 13.0. The Morgan fingerprint density at radius 1 is 1.26 bits per heavy atom. The molecule has 4 heterocycles.